The molecule has 2 aromatic carbocycles. The molecular weight excluding hydrogens is 446 g/mol. The Hall–Kier alpha value is -3.95. The number of carbonyl (C=O) groups excluding carboxylic acids is 1. The summed E-state index contributed by atoms with van der Waals surface area (Å²) in [5, 5.41) is 9.54. The highest BCUT2D eigenvalue weighted by Crippen LogP contribution is 2.29. The molecule has 0 bridgehead atoms. The van der Waals surface area contributed by atoms with Crippen molar-refractivity contribution in [1.82, 2.24) is 4.98 Å². The summed E-state index contributed by atoms with van der Waals surface area (Å²) in [5.74, 6) is -3.40. The third-order valence-electron chi connectivity index (χ3n) is 4.47. The summed E-state index contributed by atoms with van der Waals surface area (Å²) in [6, 6.07) is 13.8. The van der Waals surface area contributed by atoms with Gasteiger partial charge in [0, 0.05) is 11.8 Å². The van der Waals surface area contributed by atoms with Crippen LogP contribution in [0.5, 0.6) is 17.2 Å². The Morgan fingerprint density at radius 3 is 2.27 bits per heavy atom. The summed E-state index contributed by atoms with van der Waals surface area (Å²) in [6.07, 6.45) is -6.04. The first-order chi connectivity index (χ1) is 15.7. The van der Waals surface area contributed by atoms with E-state index in [0.29, 0.717) is 11.5 Å². The fourth-order valence-corrected chi connectivity index (χ4v) is 2.90. The van der Waals surface area contributed by atoms with Crippen molar-refractivity contribution in [2.75, 3.05) is 0 Å². The molecule has 3 aromatic rings. The van der Waals surface area contributed by atoms with Gasteiger partial charge < -0.3 is 14.6 Å². The summed E-state index contributed by atoms with van der Waals surface area (Å²) >= 11 is 0. The predicted octanol–water partition coefficient (Wildman–Crippen LogP) is 5.24. The van der Waals surface area contributed by atoms with Gasteiger partial charge in [-0.25, -0.2) is 0 Å². The Kier molecular flexibility index (Phi) is 7.27. The molecule has 33 heavy (non-hydrogen) atoms. The highest BCUT2D eigenvalue weighted by Gasteiger charge is 2.44. The van der Waals surface area contributed by atoms with Gasteiger partial charge in [-0.1, -0.05) is 12.1 Å². The highest BCUT2D eigenvalue weighted by molar-refractivity contribution is 6.08. The monoisotopic (exact) mass is 463 g/mol. The minimum absolute atomic E-state index is 0.0950. The first-order valence-corrected chi connectivity index (χ1v) is 9.54. The van der Waals surface area contributed by atoms with Gasteiger partial charge in [0.1, 0.15) is 23.2 Å². The van der Waals surface area contributed by atoms with E-state index in [1.54, 1.807) is 18.3 Å². The summed E-state index contributed by atoms with van der Waals surface area (Å²) in [4.78, 5) is 28.4. The molecule has 1 N–H and O–H groups in total. The minimum atomic E-state index is -4.71. The van der Waals surface area contributed by atoms with Crippen molar-refractivity contribution in [2.45, 2.75) is 19.0 Å². The third-order valence-corrected chi connectivity index (χ3v) is 4.47. The quantitative estimate of drug-likeness (QED) is 0.252. The third kappa shape index (κ3) is 6.28. The Bertz CT molecular complexity index is 1110. The zero-order valence-corrected chi connectivity index (χ0v) is 16.8. The number of carboxylic acids is 1. The van der Waals surface area contributed by atoms with Crippen LogP contribution in [0.1, 0.15) is 15.9 Å². The number of alkyl halides is 4. The van der Waals surface area contributed by atoms with E-state index in [1.807, 2.05) is 0 Å². The van der Waals surface area contributed by atoms with Gasteiger partial charge in [0.15, 0.2) is 5.78 Å². The summed E-state index contributed by atoms with van der Waals surface area (Å²) in [6.45, 7) is 0. The molecule has 0 aliphatic carbocycles. The lowest BCUT2D eigenvalue weighted by Crippen LogP contribution is -2.33. The van der Waals surface area contributed by atoms with Crippen LogP contribution in [0.3, 0.4) is 0 Å². The molecule has 1 atom stereocenters. The minimum Gasteiger partial charge on any atom is -0.481 e. The molecule has 6 nitrogen and oxygen atoms in total. The Morgan fingerprint density at radius 1 is 0.970 bits per heavy atom. The highest BCUT2D eigenvalue weighted by atomic mass is 19.3. The summed E-state index contributed by atoms with van der Waals surface area (Å²) in [7, 11) is 0. The maximum atomic E-state index is 13.1. The number of halogens is 4. The average Bonchev–Trinajstić information content (AvgIpc) is 2.78. The largest absolute Gasteiger partial charge is 0.481 e. The van der Waals surface area contributed by atoms with Crippen LogP contribution in [0.4, 0.5) is 17.6 Å². The van der Waals surface area contributed by atoms with Gasteiger partial charge >= 0.3 is 18.5 Å². The van der Waals surface area contributed by atoms with Crippen molar-refractivity contribution in [2.24, 2.45) is 5.92 Å². The van der Waals surface area contributed by atoms with E-state index in [4.69, 9.17) is 4.74 Å². The SMILES string of the molecule is O=C(O)C(Cc1cccc(OC(F)(F)C(F)F)c1)C(=O)c1ccc(Oc2cccnc2)cc1. The van der Waals surface area contributed by atoms with Gasteiger partial charge in [0.2, 0.25) is 0 Å². The molecule has 0 fully saturated rings. The van der Waals surface area contributed by atoms with Crippen molar-refractivity contribution < 1.29 is 41.7 Å². The molecule has 3 rings (SSSR count). The van der Waals surface area contributed by atoms with Crippen LogP contribution < -0.4 is 9.47 Å². The van der Waals surface area contributed by atoms with Gasteiger partial charge in [-0.3, -0.25) is 14.6 Å². The second-order valence-electron chi connectivity index (χ2n) is 6.89. The van der Waals surface area contributed by atoms with E-state index in [2.05, 4.69) is 9.72 Å². The van der Waals surface area contributed by atoms with Crippen molar-refractivity contribution in [3.8, 4) is 17.2 Å². The first-order valence-electron chi connectivity index (χ1n) is 9.54. The van der Waals surface area contributed by atoms with E-state index < -0.39 is 36.0 Å². The van der Waals surface area contributed by atoms with Gasteiger partial charge in [-0.15, -0.1) is 0 Å². The van der Waals surface area contributed by atoms with Crippen LogP contribution >= 0.6 is 0 Å². The number of hydrogen-bond acceptors (Lipinski definition) is 5. The van der Waals surface area contributed by atoms with Gasteiger partial charge in [-0.2, -0.15) is 17.6 Å². The summed E-state index contributed by atoms with van der Waals surface area (Å²) in [5.41, 5.74) is 0.243. The number of Topliss-reactive ketones (excluding diaryl/α,β-unsaturated/α-hetero) is 1. The van der Waals surface area contributed by atoms with Crippen LogP contribution in [0.2, 0.25) is 0 Å². The lowest BCUT2D eigenvalue weighted by molar-refractivity contribution is -0.253. The molecule has 1 aromatic heterocycles. The van der Waals surface area contributed by atoms with Crippen LogP contribution in [0, 0.1) is 5.92 Å². The molecule has 10 heteroatoms. The molecule has 0 saturated carbocycles. The molecule has 0 amide bonds. The van der Waals surface area contributed by atoms with E-state index in [-0.39, 0.29) is 17.5 Å². The number of aliphatic carboxylic acids is 1. The first kappa shape index (κ1) is 23.7. The van der Waals surface area contributed by atoms with Crippen LogP contribution in [-0.2, 0) is 11.2 Å². The van der Waals surface area contributed by atoms with E-state index in [1.165, 1.54) is 42.6 Å². The topological polar surface area (TPSA) is 85.7 Å². The number of nitrogens with zero attached hydrogens (tertiary/aromatic N) is 1. The summed E-state index contributed by atoms with van der Waals surface area (Å²) < 4.78 is 60.6. The van der Waals surface area contributed by atoms with Gasteiger partial charge in [0.05, 0.1) is 6.20 Å². The maximum absolute atomic E-state index is 13.1. The lowest BCUT2D eigenvalue weighted by atomic mass is 9.91. The number of ether oxygens (including phenoxy) is 2. The molecule has 172 valence electrons. The molecule has 0 radical (unpaired) electrons. The zero-order valence-electron chi connectivity index (χ0n) is 16.8. The molecule has 1 heterocycles. The van der Waals surface area contributed by atoms with Crippen LogP contribution in [0.15, 0.2) is 73.1 Å². The second kappa shape index (κ2) is 10.1. The standard InChI is InChI=1S/C23H17F4NO5/c24-22(25)23(26,27)33-17-4-1-3-14(11-17)12-19(21(30)31)20(29)15-6-8-16(9-7-15)32-18-5-2-10-28-13-18/h1-11,13,19,22H,12H2,(H,30,31). The molecule has 1 unspecified atom stereocenters. The molecule has 0 spiro atoms. The smallest absolute Gasteiger partial charge is 0.461 e. The fourth-order valence-electron chi connectivity index (χ4n) is 2.90. The normalized spacial score (nSPS) is 12.3. The fraction of sp³-hybridized carbons (Fsp3) is 0.174. The Balaban J connectivity index is 1.73. The number of pyridine rings is 1. The Labute approximate surface area is 185 Å². The maximum Gasteiger partial charge on any atom is 0.461 e. The Morgan fingerprint density at radius 2 is 1.67 bits per heavy atom. The van der Waals surface area contributed by atoms with Crippen LogP contribution in [-0.4, -0.2) is 34.4 Å². The van der Waals surface area contributed by atoms with Crippen molar-refractivity contribution in [3.05, 3.63) is 84.2 Å². The van der Waals surface area contributed by atoms with E-state index >= 15 is 0 Å². The number of aromatic nitrogens is 1. The van der Waals surface area contributed by atoms with Gasteiger partial charge in [-0.05, 0) is 60.5 Å². The predicted molar refractivity (Wildman–Crippen MR) is 108 cm³/mol. The van der Waals surface area contributed by atoms with Crippen LogP contribution in [0.25, 0.3) is 0 Å². The number of benzene rings is 2. The second-order valence-corrected chi connectivity index (χ2v) is 6.89. The molecule has 0 aliphatic rings. The number of ketones is 1. The number of hydrogen-bond donors (Lipinski definition) is 1. The number of carbonyl (C=O) groups is 2. The van der Waals surface area contributed by atoms with E-state index in [0.717, 1.165) is 12.1 Å². The van der Waals surface area contributed by atoms with Crippen molar-refractivity contribution in [1.29, 1.82) is 0 Å². The lowest BCUT2D eigenvalue weighted by Gasteiger charge is -2.18. The molecular formula is C23H17F4NO5. The number of rotatable bonds is 10. The number of carboxylic acid groups (broad SMARTS) is 1. The van der Waals surface area contributed by atoms with Crippen molar-refractivity contribution in [3.63, 3.8) is 0 Å². The average molecular weight is 463 g/mol. The van der Waals surface area contributed by atoms with E-state index in [9.17, 15) is 32.3 Å². The van der Waals surface area contributed by atoms with Gasteiger partial charge in [0.25, 0.3) is 0 Å². The zero-order chi connectivity index (χ0) is 24.0. The van der Waals surface area contributed by atoms with Crippen molar-refractivity contribution >= 4 is 11.8 Å². The molecule has 0 saturated heterocycles. The molecule has 0 aliphatic heterocycles.